The first-order valence-corrected chi connectivity index (χ1v) is 6.23. The highest BCUT2D eigenvalue weighted by Crippen LogP contribution is 2.14. The Morgan fingerprint density at radius 2 is 2.06 bits per heavy atom. The third-order valence-electron chi connectivity index (χ3n) is 2.33. The lowest BCUT2D eigenvalue weighted by Gasteiger charge is -2.05. The fraction of sp³-hybridized carbons (Fsp3) is 0.308. The Hall–Kier alpha value is -1.29. The number of hydrogen-bond donors (Lipinski definition) is 1. The number of rotatable bonds is 5. The highest BCUT2D eigenvalue weighted by molar-refractivity contribution is 9.10. The fourth-order valence-electron chi connectivity index (χ4n) is 1.36. The molecular weight excluding hydrogens is 282 g/mol. The summed E-state index contributed by atoms with van der Waals surface area (Å²) in [6.45, 7) is 2.54. The van der Waals surface area contributed by atoms with Crippen LogP contribution >= 0.6 is 15.9 Å². The molecule has 92 valence electrons. The van der Waals surface area contributed by atoms with Gasteiger partial charge in [-0.1, -0.05) is 28.9 Å². The molecule has 0 aliphatic carbocycles. The minimum absolute atomic E-state index is 0.259. The van der Waals surface area contributed by atoms with Crippen LogP contribution in [0.5, 0.6) is 0 Å². The highest BCUT2D eigenvalue weighted by atomic mass is 79.9. The maximum atomic E-state index is 11.3. The van der Waals surface area contributed by atoms with Gasteiger partial charge in [0.25, 0.3) is 0 Å². The number of carbonyl (C=O) groups is 1. The third kappa shape index (κ3) is 4.61. The minimum atomic E-state index is -0.259. The molecule has 0 amide bonds. The smallest absolute Gasteiger partial charge is 0.333 e. The molecule has 0 saturated heterocycles. The molecule has 0 spiro atoms. The Morgan fingerprint density at radius 1 is 1.41 bits per heavy atom. The largest absolute Gasteiger partial charge is 0.466 e. The van der Waals surface area contributed by atoms with E-state index in [1.54, 1.807) is 0 Å². The summed E-state index contributed by atoms with van der Waals surface area (Å²) in [5.41, 5.74) is 1.71. The van der Waals surface area contributed by atoms with E-state index in [1.165, 1.54) is 7.11 Å². The van der Waals surface area contributed by atoms with Crippen molar-refractivity contribution >= 4 is 27.6 Å². The zero-order chi connectivity index (χ0) is 12.7. The van der Waals surface area contributed by atoms with Crippen LogP contribution in [0.4, 0.5) is 5.69 Å². The van der Waals surface area contributed by atoms with Crippen molar-refractivity contribution in [2.45, 2.75) is 13.3 Å². The van der Waals surface area contributed by atoms with Crippen LogP contribution in [0.2, 0.25) is 0 Å². The molecule has 0 aliphatic heterocycles. The van der Waals surface area contributed by atoms with Gasteiger partial charge in [0.05, 0.1) is 7.11 Å². The van der Waals surface area contributed by atoms with Crippen molar-refractivity contribution in [3.8, 4) is 0 Å². The number of carbonyl (C=O) groups excluding carboxylic acids is 1. The van der Waals surface area contributed by atoms with E-state index in [1.807, 2.05) is 37.3 Å². The predicted molar refractivity (Wildman–Crippen MR) is 73.0 cm³/mol. The van der Waals surface area contributed by atoms with Gasteiger partial charge in [0.2, 0.25) is 0 Å². The summed E-state index contributed by atoms with van der Waals surface area (Å²) < 4.78 is 5.72. The van der Waals surface area contributed by atoms with Crippen molar-refractivity contribution in [2.24, 2.45) is 0 Å². The van der Waals surface area contributed by atoms with Crippen LogP contribution in [-0.4, -0.2) is 19.6 Å². The molecule has 4 heteroatoms. The average molecular weight is 298 g/mol. The van der Waals surface area contributed by atoms with Gasteiger partial charge in [-0.25, -0.2) is 4.79 Å². The van der Waals surface area contributed by atoms with Crippen molar-refractivity contribution in [1.29, 1.82) is 0 Å². The molecule has 0 unspecified atom stereocenters. The number of methoxy groups -OCH3 is 1. The van der Waals surface area contributed by atoms with Crippen LogP contribution in [0.3, 0.4) is 0 Å². The number of ether oxygens (including phenoxy) is 1. The van der Waals surface area contributed by atoms with Crippen LogP contribution in [0.1, 0.15) is 13.3 Å². The van der Waals surface area contributed by atoms with Gasteiger partial charge >= 0.3 is 5.97 Å². The minimum Gasteiger partial charge on any atom is -0.466 e. The van der Waals surface area contributed by atoms with Crippen molar-refractivity contribution in [2.75, 3.05) is 19.0 Å². The zero-order valence-electron chi connectivity index (χ0n) is 10.00. The monoisotopic (exact) mass is 297 g/mol. The van der Waals surface area contributed by atoms with E-state index in [-0.39, 0.29) is 5.97 Å². The van der Waals surface area contributed by atoms with Gasteiger partial charge in [0.15, 0.2) is 0 Å². The first-order chi connectivity index (χ1) is 8.17. The fourth-order valence-corrected chi connectivity index (χ4v) is 1.63. The lowest BCUT2D eigenvalue weighted by atomic mass is 10.2. The second-order valence-electron chi connectivity index (χ2n) is 3.46. The van der Waals surface area contributed by atoms with Gasteiger partial charge in [0, 0.05) is 22.3 Å². The molecule has 1 N–H and O–H groups in total. The Labute approximate surface area is 110 Å². The molecule has 0 radical (unpaired) electrons. The van der Waals surface area contributed by atoms with Gasteiger partial charge in [-0.2, -0.15) is 0 Å². The normalized spacial score (nSPS) is 11.1. The molecule has 0 bridgehead atoms. The molecule has 1 rings (SSSR count). The van der Waals surface area contributed by atoms with Gasteiger partial charge in [-0.15, -0.1) is 0 Å². The topological polar surface area (TPSA) is 38.3 Å². The Balaban J connectivity index is 2.53. The highest BCUT2D eigenvalue weighted by Gasteiger charge is 2.05. The van der Waals surface area contributed by atoms with Crippen LogP contribution in [-0.2, 0) is 9.53 Å². The molecule has 17 heavy (non-hydrogen) atoms. The van der Waals surface area contributed by atoms with E-state index in [9.17, 15) is 4.79 Å². The van der Waals surface area contributed by atoms with Crippen molar-refractivity contribution in [3.05, 3.63) is 40.4 Å². The Bertz CT molecular complexity index is 398. The number of hydrogen-bond acceptors (Lipinski definition) is 3. The zero-order valence-corrected chi connectivity index (χ0v) is 11.6. The van der Waals surface area contributed by atoms with E-state index < -0.39 is 0 Å². The summed E-state index contributed by atoms with van der Waals surface area (Å²) in [5.74, 6) is -0.259. The molecule has 0 saturated carbocycles. The van der Waals surface area contributed by atoms with Crippen LogP contribution in [0.15, 0.2) is 40.4 Å². The first-order valence-electron chi connectivity index (χ1n) is 5.44. The van der Waals surface area contributed by atoms with Gasteiger partial charge in [0.1, 0.15) is 0 Å². The average Bonchev–Trinajstić information content (AvgIpc) is 2.36. The summed E-state index contributed by atoms with van der Waals surface area (Å²) in [5, 5.41) is 3.21. The van der Waals surface area contributed by atoms with Crippen molar-refractivity contribution in [1.82, 2.24) is 0 Å². The molecule has 0 atom stereocenters. The van der Waals surface area contributed by atoms with Gasteiger partial charge < -0.3 is 10.1 Å². The molecule has 0 aliphatic rings. The maximum absolute atomic E-state index is 11.3. The number of benzene rings is 1. The molecule has 1 aromatic carbocycles. The van der Waals surface area contributed by atoms with E-state index in [0.29, 0.717) is 18.5 Å². The molecule has 0 aromatic heterocycles. The SMILES string of the molecule is CC/C(=C/CNc1ccc(Br)cc1)C(=O)OC. The van der Waals surface area contributed by atoms with Crippen LogP contribution < -0.4 is 5.32 Å². The lowest BCUT2D eigenvalue weighted by Crippen LogP contribution is -2.07. The number of nitrogens with one attached hydrogen (secondary N) is 1. The molecule has 3 nitrogen and oxygen atoms in total. The Morgan fingerprint density at radius 3 is 2.59 bits per heavy atom. The van der Waals surface area contributed by atoms with E-state index in [2.05, 4.69) is 26.0 Å². The summed E-state index contributed by atoms with van der Waals surface area (Å²) in [6.07, 6.45) is 2.53. The number of esters is 1. The number of anilines is 1. The van der Waals surface area contributed by atoms with Crippen LogP contribution in [0, 0.1) is 0 Å². The molecule has 1 aromatic rings. The molecular formula is C13H16BrNO2. The summed E-state index contributed by atoms with van der Waals surface area (Å²) in [6, 6.07) is 7.88. The quantitative estimate of drug-likeness (QED) is 0.669. The number of halogens is 1. The third-order valence-corrected chi connectivity index (χ3v) is 2.86. The maximum Gasteiger partial charge on any atom is 0.333 e. The summed E-state index contributed by atoms with van der Waals surface area (Å²) in [4.78, 5) is 11.3. The first kappa shape index (κ1) is 13.8. The Kier molecular flexibility index (Phi) is 5.77. The second-order valence-corrected chi connectivity index (χ2v) is 4.38. The summed E-state index contributed by atoms with van der Waals surface area (Å²) in [7, 11) is 1.40. The van der Waals surface area contributed by atoms with Gasteiger partial charge in [-0.3, -0.25) is 0 Å². The predicted octanol–water partition coefficient (Wildman–Crippen LogP) is 3.37. The van der Waals surface area contributed by atoms with Crippen molar-refractivity contribution < 1.29 is 9.53 Å². The van der Waals surface area contributed by atoms with Gasteiger partial charge in [-0.05, 0) is 30.7 Å². The second kappa shape index (κ2) is 7.12. The van der Waals surface area contributed by atoms with E-state index in [4.69, 9.17) is 0 Å². The van der Waals surface area contributed by atoms with E-state index >= 15 is 0 Å². The van der Waals surface area contributed by atoms with Crippen molar-refractivity contribution in [3.63, 3.8) is 0 Å². The van der Waals surface area contributed by atoms with E-state index in [0.717, 1.165) is 10.2 Å². The standard InChI is InChI=1S/C13H16BrNO2/c1-3-10(13(16)17-2)8-9-15-12-6-4-11(14)5-7-12/h4-8,15H,3,9H2,1-2H3/b10-8-. The summed E-state index contributed by atoms with van der Waals surface area (Å²) >= 11 is 3.38. The molecule has 0 heterocycles. The lowest BCUT2D eigenvalue weighted by molar-refractivity contribution is -0.136. The molecule has 0 fully saturated rings. The van der Waals surface area contributed by atoms with Crippen LogP contribution in [0.25, 0.3) is 0 Å².